The van der Waals surface area contributed by atoms with E-state index in [1.807, 2.05) is 25.2 Å². The van der Waals surface area contributed by atoms with Crippen LogP contribution < -0.4 is 10.6 Å². The third-order valence-electron chi connectivity index (χ3n) is 2.42. The fourth-order valence-corrected chi connectivity index (χ4v) is 1.78. The Labute approximate surface area is 107 Å². The molecule has 4 heteroatoms. The number of nitrogens with one attached hydrogen (secondary N) is 2. The van der Waals surface area contributed by atoms with Gasteiger partial charge in [-0.1, -0.05) is 43.1 Å². The van der Waals surface area contributed by atoms with Crippen LogP contribution in [0.25, 0.3) is 0 Å². The van der Waals surface area contributed by atoms with E-state index in [9.17, 15) is 0 Å². The topological polar surface area (TPSA) is 24.1 Å². The van der Waals surface area contributed by atoms with Gasteiger partial charge < -0.3 is 10.6 Å². The normalized spacial score (nSPS) is 13.1. The lowest BCUT2D eigenvalue weighted by molar-refractivity contribution is 0.491. The van der Waals surface area contributed by atoms with Crippen molar-refractivity contribution in [2.75, 3.05) is 13.6 Å². The van der Waals surface area contributed by atoms with Crippen LogP contribution in [-0.2, 0) is 0 Å². The van der Waals surface area contributed by atoms with Crippen LogP contribution in [-0.4, -0.2) is 19.6 Å². The first-order valence-corrected chi connectivity index (χ1v) is 6.15. The van der Waals surface area contributed by atoms with Gasteiger partial charge in [-0.25, -0.2) is 0 Å². The molecule has 1 rings (SSSR count). The van der Waals surface area contributed by atoms with Gasteiger partial charge in [-0.05, 0) is 24.7 Å². The molecule has 2 N–H and O–H groups in total. The van der Waals surface area contributed by atoms with E-state index in [-0.39, 0.29) is 6.04 Å². The molecule has 0 fully saturated rings. The van der Waals surface area contributed by atoms with Crippen LogP contribution in [0.15, 0.2) is 18.2 Å². The van der Waals surface area contributed by atoms with Crippen LogP contribution >= 0.6 is 23.2 Å². The number of hydrogen-bond donors (Lipinski definition) is 2. The van der Waals surface area contributed by atoms with Crippen molar-refractivity contribution in [2.24, 2.45) is 0 Å². The zero-order valence-electron chi connectivity index (χ0n) is 9.85. The fourth-order valence-electron chi connectivity index (χ4n) is 1.47. The Balaban J connectivity index is 2.74. The van der Waals surface area contributed by atoms with Crippen molar-refractivity contribution in [2.45, 2.75) is 25.9 Å². The molecule has 0 saturated carbocycles. The van der Waals surface area contributed by atoms with Crippen molar-refractivity contribution >= 4 is 23.2 Å². The van der Waals surface area contributed by atoms with Gasteiger partial charge >= 0.3 is 0 Å². The summed E-state index contributed by atoms with van der Waals surface area (Å²) in [6, 6.07) is 6.46. The predicted octanol–water partition coefficient (Wildman–Crippen LogP) is 3.25. The molecule has 16 heavy (non-hydrogen) atoms. The first-order chi connectivity index (χ1) is 7.54. The molecular formula is C12H18Cl2N2. The molecule has 0 bridgehead atoms. The van der Waals surface area contributed by atoms with Gasteiger partial charge in [0.25, 0.3) is 0 Å². The van der Waals surface area contributed by atoms with Gasteiger partial charge in [-0.15, -0.1) is 0 Å². The third kappa shape index (κ3) is 3.95. The van der Waals surface area contributed by atoms with Crippen molar-refractivity contribution in [3.8, 4) is 0 Å². The van der Waals surface area contributed by atoms with Gasteiger partial charge in [0.05, 0.1) is 10.0 Å². The molecule has 1 aromatic rings. The molecule has 90 valence electrons. The van der Waals surface area contributed by atoms with Crippen molar-refractivity contribution < 1.29 is 0 Å². The van der Waals surface area contributed by atoms with Gasteiger partial charge in [0, 0.05) is 18.6 Å². The highest BCUT2D eigenvalue weighted by molar-refractivity contribution is 6.42. The molecule has 0 amide bonds. The summed E-state index contributed by atoms with van der Waals surface area (Å²) in [5, 5.41) is 7.84. The highest BCUT2D eigenvalue weighted by atomic mass is 35.5. The number of likely N-dealkylation sites (N-methyl/N-ethyl adjacent to an activating group) is 1. The average Bonchev–Trinajstić information content (AvgIpc) is 2.23. The quantitative estimate of drug-likeness (QED) is 0.850. The molecule has 0 spiro atoms. The average molecular weight is 261 g/mol. The third-order valence-corrected chi connectivity index (χ3v) is 3.16. The molecule has 0 radical (unpaired) electrons. The van der Waals surface area contributed by atoms with E-state index in [0.717, 1.165) is 12.1 Å². The fraction of sp³-hybridized carbons (Fsp3) is 0.500. The van der Waals surface area contributed by atoms with Crippen molar-refractivity contribution in [3.05, 3.63) is 33.8 Å². The minimum atomic E-state index is 0.247. The molecule has 0 aliphatic carbocycles. The molecule has 0 aliphatic heterocycles. The van der Waals surface area contributed by atoms with E-state index in [2.05, 4.69) is 24.5 Å². The second-order valence-corrected chi connectivity index (χ2v) is 4.89. The number of rotatable bonds is 5. The van der Waals surface area contributed by atoms with Crippen LogP contribution in [0.4, 0.5) is 0 Å². The Morgan fingerprint density at radius 3 is 2.38 bits per heavy atom. The Kier molecular flexibility index (Phi) is 5.56. The van der Waals surface area contributed by atoms with E-state index in [1.54, 1.807) is 0 Å². The van der Waals surface area contributed by atoms with Gasteiger partial charge in [0.15, 0.2) is 0 Å². The molecule has 2 nitrogen and oxygen atoms in total. The molecule has 0 saturated heterocycles. The summed E-state index contributed by atoms with van der Waals surface area (Å²) in [6.45, 7) is 5.12. The van der Waals surface area contributed by atoms with E-state index < -0.39 is 0 Å². The second kappa shape index (κ2) is 6.45. The van der Waals surface area contributed by atoms with Crippen molar-refractivity contribution in [1.29, 1.82) is 0 Å². The first kappa shape index (κ1) is 13.8. The molecule has 1 atom stereocenters. The Morgan fingerprint density at radius 2 is 1.88 bits per heavy atom. The van der Waals surface area contributed by atoms with Crippen molar-refractivity contribution in [1.82, 2.24) is 10.6 Å². The maximum atomic E-state index is 6.00. The van der Waals surface area contributed by atoms with E-state index >= 15 is 0 Å². The summed E-state index contributed by atoms with van der Waals surface area (Å²) in [7, 11) is 1.94. The Bertz CT molecular complexity index is 340. The predicted molar refractivity (Wildman–Crippen MR) is 71.4 cm³/mol. The Hall–Kier alpha value is -0.280. The van der Waals surface area contributed by atoms with E-state index in [4.69, 9.17) is 23.2 Å². The molecule has 0 aliphatic rings. The van der Waals surface area contributed by atoms with Crippen LogP contribution in [0.1, 0.15) is 25.5 Å². The second-order valence-electron chi connectivity index (χ2n) is 4.08. The van der Waals surface area contributed by atoms with Crippen LogP contribution in [0.5, 0.6) is 0 Å². The van der Waals surface area contributed by atoms with Crippen LogP contribution in [0, 0.1) is 0 Å². The highest BCUT2D eigenvalue weighted by Gasteiger charge is 2.10. The summed E-state index contributed by atoms with van der Waals surface area (Å²) in [5.41, 5.74) is 1.14. The summed E-state index contributed by atoms with van der Waals surface area (Å²) in [6.07, 6.45) is 0. The summed E-state index contributed by atoms with van der Waals surface area (Å²) in [4.78, 5) is 0. The highest BCUT2D eigenvalue weighted by Crippen LogP contribution is 2.25. The number of halogens is 2. The monoisotopic (exact) mass is 260 g/mol. The van der Waals surface area contributed by atoms with Crippen LogP contribution in [0.3, 0.4) is 0 Å². The SMILES string of the molecule is CNC(CNC(C)C)c1ccc(Cl)c(Cl)c1. The lowest BCUT2D eigenvalue weighted by Crippen LogP contribution is -2.33. The van der Waals surface area contributed by atoms with Gasteiger partial charge in [-0.2, -0.15) is 0 Å². The minimum absolute atomic E-state index is 0.247. The zero-order valence-corrected chi connectivity index (χ0v) is 11.4. The molecular weight excluding hydrogens is 243 g/mol. The van der Waals surface area contributed by atoms with Crippen LogP contribution in [0.2, 0.25) is 10.0 Å². The largest absolute Gasteiger partial charge is 0.313 e. The summed E-state index contributed by atoms with van der Waals surface area (Å²) in [5.74, 6) is 0. The maximum Gasteiger partial charge on any atom is 0.0595 e. The van der Waals surface area contributed by atoms with Crippen molar-refractivity contribution in [3.63, 3.8) is 0 Å². The minimum Gasteiger partial charge on any atom is -0.313 e. The smallest absolute Gasteiger partial charge is 0.0595 e. The first-order valence-electron chi connectivity index (χ1n) is 5.40. The molecule has 0 aromatic heterocycles. The number of hydrogen-bond acceptors (Lipinski definition) is 2. The van der Waals surface area contributed by atoms with E-state index in [1.165, 1.54) is 0 Å². The molecule has 1 aromatic carbocycles. The lowest BCUT2D eigenvalue weighted by atomic mass is 10.1. The molecule has 0 heterocycles. The summed E-state index contributed by atoms with van der Waals surface area (Å²) >= 11 is 11.9. The lowest BCUT2D eigenvalue weighted by Gasteiger charge is -2.19. The van der Waals surface area contributed by atoms with Gasteiger partial charge in [0.1, 0.15) is 0 Å². The molecule has 1 unspecified atom stereocenters. The summed E-state index contributed by atoms with van der Waals surface area (Å²) < 4.78 is 0. The zero-order chi connectivity index (χ0) is 12.1. The standard InChI is InChI=1S/C12H18Cl2N2/c1-8(2)16-7-12(15-3)9-4-5-10(13)11(14)6-9/h4-6,8,12,15-16H,7H2,1-3H3. The van der Waals surface area contributed by atoms with Gasteiger partial charge in [0.2, 0.25) is 0 Å². The Morgan fingerprint density at radius 1 is 1.19 bits per heavy atom. The number of benzene rings is 1. The van der Waals surface area contributed by atoms with Gasteiger partial charge in [-0.3, -0.25) is 0 Å². The maximum absolute atomic E-state index is 6.00. The van der Waals surface area contributed by atoms with E-state index in [0.29, 0.717) is 16.1 Å².